The molecular formula is C24H44O3S2. The molecule has 4 unspecified atom stereocenters. The lowest BCUT2D eigenvalue weighted by molar-refractivity contribution is -0.147. The predicted octanol–water partition coefficient (Wildman–Crippen LogP) is 6.76. The van der Waals surface area contributed by atoms with E-state index in [-0.39, 0.29) is 5.41 Å². The number of hydrogen-bond donors (Lipinski definition) is 2. The van der Waals surface area contributed by atoms with Crippen LogP contribution in [-0.2, 0) is 4.79 Å². The number of carboxylic acid groups (broad SMARTS) is 1. The predicted molar refractivity (Wildman–Crippen MR) is 128 cm³/mol. The Balaban J connectivity index is 1.55. The van der Waals surface area contributed by atoms with Crippen LogP contribution < -0.4 is 0 Å². The minimum atomic E-state index is -0.668. The standard InChI is InChI=1S/C24H44O3S2/c1-23(2,17-25)15-5-7-18-9-11-20(28-18)13-14-21-12-10-19(29-21)8-6-16-24(3,4)22(26)27/h18-21,25H,5-17H2,1-4H3,(H,26,27). The second kappa shape index (κ2) is 11.7. The van der Waals surface area contributed by atoms with Gasteiger partial charge in [0.1, 0.15) is 0 Å². The summed E-state index contributed by atoms with van der Waals surface area (Å²) in [6, 6.07) is 0. The summed E-state index contributed by atoms with van der Waals surface area (Å²) in [4.78, 5) is 11.2. The molecule has 0 amide bonds. The molecule has 0 radical (unpaired) electrons. The Morgan fingerprint density at radius 2 is 1.21 bits per heavy atom. The lowest BCUT2D eigenvalue weighted by atomic mass is 9.87. The molecule has 0 spiro atoms. The number of aliphatic hydroxyl groups excluding tert-OH is 1. The molecule has 0 aliphatic carbocycles. The van der Waals surface area contributed by atoms with Crippen molar-refractivity contribution in [3.63, 3.8) is 0 Å². The topological polar surface area (TPSA) is 57.5 Å². The Kier molecular flexibility index (Phi) is 10.2. The maximum Gasteiger partial charge on any atom is 0.309 e. The average Bonchev–Trinajstić information content (AvgIpc) is 3.29. The highest BCUT2D eigenvalue weighted by molar-refractivity contribution is 8.01. The highest BCUT2D eigenvalue weighted by Crippen LogP contribution is 2.43. The van der Waals surface area contributed by atoms with Crippen molar-refractivity contribution < 1.29 is 15.0 Å². The molecule has 4 atom stereocenters. The highest BCUT2D eigenvalue weighted by Gasteiger charge is 2.31. The van der Waals surface area contributed by atoms with Gasteiger partial charge in [0.25, 0.3) is 0 Å². The summed E-state index contributed by atoms with van der Waals surface area (Å²) >= 11 is 4.44. The van der Waals surface area contributed by atoms with Crippen LogP contribution in [0.25, 0.3) is 0 Å². The van der Waals surface area contributed by atoms with Crippen molar-refractivity contribution in [1.82, 2.24) is 0 Å². The average molecular weight is 445 g/mol. The van der Waals surface area contributed by atoms with E-state index in [0.29, 0.717) is 6.61 Å². The van der Waals surface area contributed by atoms with Crippen molar-refractivity contribution in [3.8, 4) is 0 Å². The lowest BCUT2D eigenvalue weighted by Crippen LogP contribution is -2.23. The van der Waals surface area contributed by atoms with Gasteiger partial charge in [-0.25, -0.2) is 0 Å². The minimum Gasteiger partial charge on any atom is -0.481 e. The van der Waals surface area contributed by atoms with Gasteiger partial charge in [-0.1, -0.05) is 26.7 Å². The Morgan fingerprint density at radius 3 is 1.62 bits per heavy atom. The van der Waals surface area contributed by atoms with Crippen LogP contribution in [0.5, 0.6) is 0 Å². The van der Waals surface area contributed by atoms with Crippen molar-refractivity contribution >= 4 is 29.5 Å². The fraction of sp³-hybridized carbons (Fsp3) is 0.958. The van der Waals surface area contributed by atoms with Crippen LogP contribution in [0, 0.1) is 10.8 Å². The van der Waals surface area contributed by atoms with Crippen molar-refractivity contribution in [3.05, 3.63) is 0 Å². The first-order valence-corrected chi connectivity index (χ1v) is 13.6. The van der Waals surface area contributed by atoms with Crippen molar-refractivity contribution in [1.29, 1.82) is 0 Å². The number of aliphatic hydroxyl groups is 1. The summed E-state index contributed by atoms with van der Waals surface area (Å²) in [5.41, 5.74) is -0.491. The van der Waals surface area contributed by atoms with Crippen LogP contribution in [-0.4, -0.2) is 43.8 Å². The van der Waals surface area contributed by atoms with Crippen molar-refractivity contribution in [2.45, 2.75) is 126 Å². The Labute approximate surface area is 187 Å². The summed E-state index contributed by atoms with van der Waals surface area (Å²) in [6.07, 6.45) is 14.9. The van der Waals surface area contributed by atoms with Gasteiger partial charge in [-0.15, -0.1) is 0 Å². The smallest absolute Gasteiger partial charge is 0.309 e. The molecule has 0 aromatic rings. The summed E-state index contributed by atoms with van der Waals surface area (Å²) in [7, 11) is 0. The zero-order chi connectivity index (χ0) is 21.5. The molecule has 2 rings (SSSR count). The number of hydrogen-bond acceptors (Lipinski definition) is 4. The maximum absolute atomic E-state index is 11.2. The lowest BCUT2D eigenvalue weighted by Gasteiger charge is -2.22. The van der Waals surface area contributed by atoms with Gasteiger partial charge in [0.15, 0.2) is 0 Å². The fourth-order valence-electron chi connectivity index (χ4n) is 4.55. The third-order valence-corrected chi connectivity index (χ3v) is 10.3. The molecule has 170 valence electrons. The molecule has 2 saturated heterocycles. The van der Waals surface area contributed by atoms with E-state index in [1.807, 2.05) is 13.8 Å². The number of carbonyl (C=O) groups is 1. The fourth-order valence-corrected chi connectivity index (χ4v) is 7.87. The van der Waals surface area contributed by atoms with E-state index < -0.39 is 11.4 Å². The van der Waals surface area contributed by atoms with Crippen LogP contribution in [0.4, 0.5) is 0 Å². The summed E-state index contributed by atoms with van der Waals surface area (Å²) < 4.78 is 0. The van der Waals surface area contributed by atoms with E-state index in [0.717, 1.165) is 40.3 Å². The largest absolute Gasteiger partial charge is 0.481 e. The summed E-state index contributed by atoms with van der Waals surface area (Å²) in [6.45, 7) is 8.32. The normalized spacial score (nSPS) is 28.2. The van der Waals surface area contributed by atoms with E-state index in [1.54, 1.807) is 0 Å². The number of rotatable bonds is 13. The van der Waals surface area contributed by atoms with Gasteiger partial charge in [0, 0.05) is 27.6 Å². The number of thioether (sulfide) groups is 2. The number of aliphatic carboxylic acids is 1. The van der Waals surface area contributed by atoms with E-state index in [9.17, 15) is 15.0 Å². The minimum absolute atomic E-state index is 0.0856. The van der Waals surface area contributed by atoms with E-state index in [1.165, 1.54) is 57.8 Å². The molecule has 5 heteroatoms. The van der Waals surface area contributed by atoms with Gasteiger partial charge in [0.05, 0.1) is 5.41 Å². The SMILES string of the molecule is CC(C)(CO)CCCC1CCC(CCC2CCC(CCCC(C)(C)C(=O)O)S2)S1. The zero-order valence-electron chi connectivity index (χ0n) is 19.1. The molecular weight excluding hydrogens is 400 g/mol. The van der Waals surface area contributed by atoms with Gasteiger partial charge >= 0.3 is 5.97 Å². The monoisotopic (exact) mass is 444 g/mol. The third-order valence-electron chi connectivity index (χ3n) is 6.92. The van der Waals surface area contributed by atoms with E-state index >= 15 is 0 Å². The second-order valence-corrected chi connectivity index (χ2v) is 14.0. The second-order valence-electron chi connectivity index (χ2n) is 10.8. The molecule has 29 heavy (non-hydrogen) atoms. The van der Waals surface area contributed by atoms with Crippen molar-refractivity contribution in [2.75, 3.05) is 6.61 Å². The van der Waals surface area contributed by atoms with E-state index in [2.05, 4.69) is 37.4 Å². The van der Waals surface area contributed by atoms with Crippen molar-refractivity contribution in [2.24, 2.45) is 10.8 Å². The molecule has 0 saturated carbocycles. The Hall–Kier alpha value is 0.130. The van der Waals surface area contributed by atoms with E-state index in [4.69, 9.17) is 0 Å². The first-order valence-electron chi connectivity index (χ1n) is 11.8. The number of carboxylic acids is 1. The quantitative estimate of drug-likeness (QED) is 0.328. The molecule has 3 nitrogen and oxygen atoms in total. The van der Waals surface area contributed by atoms with Gasteiger partial charge in [-0.3, -0.25) is 4.79 Å². The van der Waals surface area contributed by atoms with Gasteiger partial charge in [-0.2, -0.15) is 23.5 Å². The first kappa shape index (κ1) is 25.4. The summed E-state index contributed by atoms with van der Waals surface area (Å²) in [5, 5.41) is 21.9. The molecule has 2 aliphatic heterocycles. The van der Waals surface area contributed by atoms with Crippen LogP contribution in [0.3, 0.4) is 0 Å². The Morgan fingerprint density at radius 1 is 0.793 bits per heavy atom. The van der Waals surface area contributed by atoms with Crippen LogP contribution in [0.2, 0.25) is 0 Å². The molecule has 2 N–H and O–H groups in total. The maximum atomic E-state index is 11.2. The van der Waals surface area contributed by atoms with Crippen LogP contribution in [0.15, 0.2) is 0 Å². The zero-order valence-corrected chi connectivity index (χ0v) is 20.8. The van der Waals surface area contributed by atoms with Crippen LogP contribution in [0.1, 0.15) is 105 Å². The van der Waals surface area contributed by atoms with Gasteiger partial charge in [0.2, 0.25) is 0 Å². The molecule has 0 bridgehead atoms. The third kappa shape index (κ3) is 9.03. The Bertz CT molecular complexity index is 506. The molecule has 2 heterocycles. The van der Waals surface area contributed by atoms with Crippen LogP contribution >= 0.6 is 23.5 Å². The van der Waals surface area contributed by atoms with Gasteiger partial charge in [-0.05, 0) is 83.5 Å². The molecule has 0 aromatic carbocycles. The molecule has 0 aromatic heterocycles. The van der Waals surface area contributed by atoms with Gasteiger partial charge < -0.3 is 10.2 Å². The summed E-state index contributed by atoms with van der Waals surface area (Å²) in [5.74, 6) is -0.668. The molecule has 2 fully saturated rings. The first-order chi connectivity index (χ1) is 13.6. The highest BCUT2D eigenvalue weighted by atomic mass is 32.2. The molecule has 2 aliphatic rings.